The molecule has 0 radical (unpaired) electrons. The normalized spacial score (nSPS) is 16.5. The van der Waals surface area contributed by atoms with Crippen LogP contribution in [0.4, 0.5) is 11.4 Å². The Morgan fingerprint density at radius 3 is 2.50 bits per heavy atom. The second kappa shape index (κ2) is 6.09. The van der Waals surface area contributed by atoms with E-state index in [-0.39, 0.29) is 5.69 Å². The summed E-state index contributed by atoms with van der Waals surface area (Å²) in [5.41, 5.74) is 0.925. The molecule has 0 aliphatic carbocycles. The Labute approximate surface area is 119 Å². The first kappa shape index (κ1) is 14.6. The highest BCUT2D eigenvalue weighted by atomic mass is 16.6. The molecule has 6 heteroatoms. The molecule has 0 aromatic heterocycles. The van der Waals surface area contributed by atoms with E-state index in [4.69, 9.17) is 4.74 Å². The van der Waals surface area contributed by atoms with Crippen molar-refractivity contribution in [3.05, 3.63) is 28.3 Å². The fourth-order valence-electron chi connectivity index (χ4n) is 2.66. The van der Waals surface area contributed by atoms with Gasteiger partial charge in [-0.15, -0.1) is 0 Å². The van der Waals surface area contributed by atoms with Crippen molar-refractivity contribution in [2.45, 2.75) is 18.9 Å². The maximum Gasteiger partial charge on any atom is 0.312 e. The Kier molecular flexibility index (Phi) is 4.44. The average molecular weight is 279 g/mol. The van der Waals surface area contributed by atoms with Gasteiger partial charge in [0.15, 0.2) is 5.75 Å². The van der Waals surface area contributed by atoms with Crippen molar-refractivity contribution < 1.29 is 9.66 Å². The SMILES string of the molecule is COc1ccc(N2CCC(N(C)C)CC2)cc1[N+](=O)[O-]. The van der Waals surface area contributed by atoms with E-state index in [9.17, 15) is 10.1 Å². The summed E-state index contributed by atoms with van der Waals surface area (Å²) in [5, 5.41) is 11.1. The van der Waals surface area contributed by atoms with Gasteiger partial charge in [-0.25, -0.2) is 0 Å². The first-order valence-electron chi connectivity index (χ1n) is 6.76. The highest BCUT2D eigenvalue weighted by molar-refractivity contribution is 5.60. The minimum Gasteiger partial charge on any atom is -0.490 e. The maximum absolute atomic E-state index is 11.1. The molecule has 1 heterocycles. The molecular weight excluding hydrogens is 258 g/mol. The predicted molar refractivity (Wildman–Crippen MR) is 78.6 cm³/mol. The van der Waals surface area contributed by atoms with Crippen LogP contribution in [-0.4, -0.2) is 50.2 Å². The molecule has 0 atom stereocenters. The van der Waals surface area contributed by atoms with Gasteiger partial charge in [-0.2, -0.15) is 0 Å². The number of anilines is 1. The van der Waals surface area contributed by atoms with Crippen molar-refractivity contribution in [1.82, 2.24) is 4.90 Å². The molecule has 0 spiro atoms. The molecule has 1 saturated heterocycles. The molecule has 0 saturated carbocycles. The van der Waals surface area contributed by atoms with E-state index in [1.165, 1.54) is 7.11 Å². The van der Waals surface area contributed by atoms with E-state index >= 15 is 0 Å². The van der Waals surface area contributed by atoms with Gasteiger partial charge in [0.2, 0.25) is 0 Å². The molecule has 20 heavy (non-hydrogen) atoms. The first-order valence-corrected chi connectivity index (χ1v) is 6.76. The van der Waals surface area contributed by atoms with Gasteiger partial charge in [0, 0.05) is 30.9 Å². The molecule has 0 N–H and O–H groups in total. The second-order valence-electron chi connectivity index (χ2n) is 5.30. The van der Waals surface area contributed by atoms with Gasteiger partial charge in [-0.3, -0.25) is 10.1 Å². The third kappa shape index (κ3) is 3.01. The van der Waals surface area contributed by atoms with Gasteiger partial charge in [0.1, 0.15) is 0 Å². The zero-order chi connectivity index (χ0) is 14.7. The number of hydrogen-bond acceptors (Lipinski definition) is 5. The fraction of sp³-hybridized carbons (Fsp3) is 0.571. The van der Waals surface area contributed by atoms with Crippen LogP contribution in [0, 0.1) is 10.1 Å². The van der Waals surface area contributed by atoms with E-state index in [2.05, 4.69) is 23.9 Å². The first-order chi connectivity index (χ1) is 9.52. The van der Waals surface area contributed by atoms with Crippen molar-refractivity contribution in [1.29, 1.82) is 0 Å². The highest BCUT2D eigenvalue weighted by Gasteiger charge is 2.23. The number of nitro groups is 1. The largest absolute Gasteiger partial charge is 0.490 e. The molecule has 0 bridgehead atoms. The summed E-state index contributed by atoms with van der Waals surface area (Å²) in [4.78, 5) is 15.1. The van der Waals surface area contributed by atoms with Crippen LogP contribution in [0.1, 0.15) is 12.8 Å². The second-order valence-corrected chi connectivity index (χ2v) is 5.30. The number of rotatable bonds is 4. The number of benzene rings is 1. The van der Waals surface area contributed by atoms with Crippen molar-refractivity contribution in [2.24, 2.45) is 0 Å². The Hall–Kier alpha value is -1.82. The zero-order valence-electron chi connectivity index (χ0n) is 12.2. The third-order valence-electron chi connectivity index (χ3n) is 3.92. The number of piperidine rings is 1. The van der Waals surface area contributed by atoms with Crippen LogP contribution in [0.2, 0.25) is 0 Å². The molecule has 1 aliphatic rings. The number of methoxy groups -OCH3 is 1. The Bertz CT molecular complexity index is 483. The van der Waals surface area contributed by atoms with Crippen molar-refractivity contribution >= 4 is 11.4 Å². The minimum atomic E-state index is -0.394. The molecule has 0 amide bonds. The standard InChI is InChI=1S/C14H21N3O3/c1-15(2)11-6-8-16(9-7-11)12-4-5-14(20-3)13(10-12)17(18)19/h4-5,10-11H,6-9H2,1-3H3. The summed E-state index contributed by atoms with van der Waals surface area (Å²) in [6.07, 6.45) is 2.15. The van der Waals surface area contributed by atoms with Crippen LogP contribution in [0.25, 0.3) is 0 Å². The molecule has 1 aromatic rings. The van der Waals surface area contributed by atoms with Crippen LogP contribution in [-0.2, 0) is 0 Å². The molecule has 2 rings (SSSR count). The van der Waals surface area contributed by atoms with Crippen molar-refractivity contribution in [2.75, 3.05) is 39.2 Å². The Balaban J connectivity index is 2.14. The van der Waals surface area contributed by atoms with Gasteiger partial charge < -0.3 is 14.5 Å². The van der Waals surface area contributed by atoms with E-state index in [1.54, 1.807) is 12.1 Å². The van der Waals surface area contributed by atoms with Crippen LogP contribution < -0.4 is 9.64 Å². The smallest absolute Gasteiger partial charge is 0.312 e. The van der Waals surface area contributed by atoms with Crippen LogP contribution >= 0.6 is 0 Å². The number of nitro benzene ring substituents is 1. The summed E-state index contributed by atoms with van der Waals surface area (Å²) in [6, 6.07) is 5.77. The molecule has 1 aliphatic heterocycles. The number of ether oxygens (including phenoxy) is 1. The lowest BCUT2D eigenvalue weighted by molar-refractivity contribution is -0.385. The summed E-state index contributed by atoms with van der Waals surface area (Å²) < 4.78 is 5.03. The van der Waals surface area contributed by atoms with Crippen LogP contribution in [0.5, 0.6) is 5.75 Å². The van der Waals surface area contributed by atoms with Gasteiger partial charge in [-0.05, 0) is 39.1 Å². The number of hydrogen-bond donors (Lipinski definition) is 0. The summed E-state index contributed by atoms with van der Waals surface area (Å²) >= 11 is 0. The molecule has 110 valence electrons. The summed E-state index contributed by atoms with van der Waals surface area (Å²) in [7, 11) is 5.64. The van der Waals surface area contributed by atoms with Crippen molar-refractivity contribution in [3.63, 3.8) is 0 Å². The molecule has 1 fully saturated rings. The lowest BCUT2D eigenvalue weighted by Gasteiger charge is -2.36. The van der Waals surface area contributed by atoms with Gasteiger partial charge >= 0.3 is 5.69 Å². The molecule has 6 nitrogen and oxygen atoms in total. The predicted octanol–water partition coefficient (Wildman–Crippen LogP) is 2.13. The maximum atomic E-state index is 11.1. The van der Waals surface area contributed by atoms with E-state index in [0.717, 1.165) is 31.6 Å². The lowest BCUT2D eigenvalue weighted by Crippen LogP contribution is -2.41. The topological polar surface area (TPSA) is 58.8 Å². The third-order valence-corrected chi connectivity index (χ3v) is 3.92. The minimum absolute atomic E-state index is 0.0275. The van der Waals surface area contributed by atoms with Gasteiger partial charge in [0.25, 0.3) is 0 Å². The van der Waals surface area contributed by atoms with E-state index in [0.29, 0.717) is 11.8 Å². The van der Waals surface area contributed by atoms with E-state index < -0.39 is 4.92 Å². The summed E-state index contributed by atoms with van der Waals surface area (Å²) in [5.74, 6) is 0.307. The quantitative estimate of drug-likeness (QED) is 0.624. The average Bonchev–Trinajstić information content (AvgIpc) is 2.46. The van der Waals surface area contributed by atoms with Gasteiger partial charge in [0.05, 0.1) is 12.0 Å². The molecule has 1 aromatic carbocycles. The molecular formula is C14H21N3O3. The lowest BCUT2D eigenvalue weighted by atomic mass is 10.0. The van der Waals surface area contributed by atoms with Crippen molar-refractivity contribution in [3.8, 4) is 5.75 Å². The monoisotopic (exact) mass is 279 g/mol. The summed E-state index contributed by atoms with van der Waals surface area (Å²) in [6.45, 7) is 1.85. The van der Waals surface area contributed by atoms with Crippen LogP contribution in [0.3, 0.4) is 0 Å². The fourth-order valence-corrected chi connectivity index (χ4v) is 2.66. The van der Waals surface area contributed by atoms with Gasteiger partial charge in [-0.1, -0.05) is 0 Å². The number of nitrogens with zero attached hydrogens (tertiary/aromatic N) is 3. The Morgan fingerprint density at radius 1 is 1.35 bits per heavy atom. The Morgan fingerprint density at radius 2 is 2.00 bits per heavy atom. The molecule has 0 unspecified atom stereocenters. The van der Waals surface area contributed by atoms with E-state index in [1.807, 2.05) is 6.07 Å². The highest BCUT2D eigenvalue weighted by Crippen LogP contribution is 2.32. The van der Waals surface area contributed by atoms with Crippen LogP contribution in [0.15, 0.2) is 18.2 Å². The zero-order valence-corrected chi connectivity index (χ0v) is 12.2.